The van der Waals surface area contributed by atoms with Crippen LogP contribution in [0.1, 0.15) is 5.56 Å². The van der Waals surface area contributed by atoms with Gasteiger partial charge in [0, 0.05) is 32.7 Å². The molecule has 1 aliphatic heterocycles. The summed E-state index contributed by atoms with van der Waals surface area (Å²) in [6.45, 7) is 1.80. The lowest BCUT2D eigenvalue weighted by molar-refractivity contribution is 0.172. The topological polar surface area (TPSA) is 79.0 Å². The van der Waals surface area contributed by atoms with Gasteiger partial charge in [0.25, 0.3) is 0 Å². The van der Waals surface area contributed by atoms with Crippen molar-refractivity contribution in [2.45, 2.75) is 11.3 Å². The van der Waals surface area contributed by atoms with Crippen molar-refractivity contribution < 1.29 is 17.9 Å². The van der Waals surface area contributed by atoms with E-state index in [4.69, 9.17) is 4.74 Å². The van der Waals surface area contributed by atoms with E-state index in [-0.39, 0.29) is 24.0 Å². The van der Waals surface area contributed by atoms with Gasteiger partial charge in [-0.15, -0.1) is 0 Å². The Balaban J connectivity index is 1.49. The molecule has 0 radical (unpaired) electrons. The number of benzene rings is 2. The summed E-state index contributed by atoms with van der Waals surface area (Å²) >= 11 is 0. The second-order valence-electron chi connectivity index (χ2n) is 6.50. The summed E-state index contributed by atoms with van der Waals surface area (Å²) in [4.78, 5) is 14.3. The van der Waals surface area contributed by atoms with Crippen LogP contribution >= 0.6 is 0 Å². The summed E-state index contributed by atoms with van der Waals surface area (Å²) in [5.74, 6) is 0.802. The number of hydrogen-bond acceptors (Lipinski definition) is 4. The Morgan fingerprint density at radius 3 is 2.32 bits per heavy atom. The van der Waals surface area contributed by atoms with Gasteiger partial charge in [0.1, 0.15) is 5.75 Å². The van der Waals surface area contributed by atoms with E-state index in [0.29, 0.717) is 26.1 Å². The van der Waals surface area contributed by atoms with Crippen LogP contribution in [-0.4, -0.2) is 63.5 Å². The molecule has 3 rings (SSSR count). The van der Waals surface area contributed by atoms with Gasteiger partial charge in [-0.1, -0.05) is 36.4 Å². The highest BCUT2D eigenvalue weighted by Crippen LogP contribution is 2.18. The molecule has 1 saturated heterocycles. The molecule has 2 aromatic rings. The Hall–Kier alpha value is -2.58. The van der Waals surface area contributed by atoms with Crippen molar-refractivity contribution in [3.63, 3.8) is 0 Å². The number of carbonyl (C=O) groups is 1. The summed E-state index contributed by atoms with van der Waals surface area (Å²) in [5.41, 5.74) is 1.03. The van der Waals surface area contributed by atoms with Crippen molar-refractivity contribution in [3.05, 3.63) is 60.2 Å². The number of methoxy groups -OCH3 is 1. The first-order valence-corrected chi connectivity index (χ1v) is 10.7. The summed E-state index contributed by atoms with van der Waals surface area (Å²) in [6.07, 6.45) is 0.665. The van der Waals surface area contributed by atoms with Crippen LogP contribution in [0.25, 0.3) is 0 Å². The normalized spacial score (nSPS) is 15.2. The maximum absolute atomic E-state index is 12.6. The molecular weight excluding hydrogens is 378 g/mol. The Morgan fingerprint density at radius 1 is 1.00 bits per heavy atom. The molecule has 7 nitrogen and oxygen atoms in total. The average molecular weight is 404 g/mol. The highest BCUT2D eigenvalue weighted by molar-refractivity contribution is 7.89. The number of nitrogens with zero attached hydrogens (tertiary/aromatic N) is 2. The predicted octanol–water partition coefficient (Wildman–Crippen LogP) is 1.95. The molecule has 2 aromatic carbocycles. The number of nitrogens with one attached hydrogen (secondary N) is 1. The van der Waals surface area contributed by atoms with E-state index < -0.39 is 10.0 Å². The fourth-order valence-corrected chi connectivity index (χ4v) is 4.64. The minimum absolute atomic E-state index is 0.174. The summed E-state index contributed by atoms with van der Waals surface area (Å²) in [5, 5.41) is 2.90. The van der Waals surface area contributed by atoms with E-state index in [1.165, 1.54) is 4.31 Å². The standard InChI is InChI=1S/C20H25N3O4S/c1-27-19-10-6-5-7-17(19)11-12-21-20(24)22-13-15-23(16-14-22)28(25,26)18-8-3-2-4-9-18/h2-10H,11-16H2,1H3,(H,21,24). The third-order valence-electron chi connectivity index (χ3n) is 4.77. The molecule has 0 atom stereocenters. The van der Waals surface area contributed by atoms with Crippen LogP contribution in [0.3, 0.4) is 0 Å². The van der Waals surface area contributed by atoms with Gasteiger partial charge in [0.2, 0.25) is 10.0 Å². The first kappa shape index (κ1) is 20.2. The van der Waals surface area contributed by atoms with E-state index in [1.807, 2.05) is 24.3 Å². The number of amides is 2. The monoisotopic (exact) mass is 403 g/mol. The molecule has 0 saturated carbocycles. The molecule has 0 aromatic heterocycles. The third kappa shape index (κ3) is 4.63. The van der Waals surface area contributed by atoms with Crippen LogP contribution in [0.4, 0.5) is 4.79 Å². The molecule has 1 heterocycles. The second-order valence-corrected chi connectivity index (χ2v) is 8.44. The smallest absolute Gasteiger partial charge is 0.317 e. The highest BCUT2D eigenvalue weighted by Gasteiger charge is 2.29. The van der Waals surface area contributed by atoms with Crippen molar-refractivity contribution in [2.75, 3.05) is 39.8 Å². The van der Waals surface area contributed by atoms with Gasteiger partial charge in [0.05, 0.1) is 12.0 Å². The molecule has 0 bridgehead atoms. The number of sulfonamides is 1. The van der Waals surface area contributed by atoms with Crippen molar-refractivity contribution in [3.8, 4) is 5.75 Å². The SMILES string of the molecule is COc1ccccc1CCNC(=O)N1CCN(S(=O)(=O)c2ccccc2)CC1. The molecule has 0 spiro atoms. The van der Waals surface area contributed by atoms with Gasteiger partial charge < -0.3 is 15.0 Å². The largest absolute Gasteiger partial charge is 0.496 e. The molecule has 1 N–H and O–H groups in total. The first-order valence-electron chi connectivity index (χ1n) is 9.22. The van der Waals surface area contributed by atoms with Crippen molar-refractivity contribution in [2.24, 2.45) is 0 Å². The maximum Gasteiger partial charge on any atom is 0.317 e. The third-order valence-corrected chi connectivity index (χ3v) is 6.68. The molecule has 1 fully saturated rings. The van der Waals surface area contributed by atoms with E-state index in [2.05, 4.69) is 5.32 Å². The van der Waals surface area contributed by atoms with Crippen molar-refractivity contribution in [1.82, 2.24) is 14.5 Å². The zero-order valence-corrected chi connectivity index (χ0v) is 16.7. The van der Waals surface area contributed by atoms with E-state index in [0.717, 1.165) is 11.3 Å². The van der Waals surface area contributed by atoms with Gasteiger partial charge in [-0.3, -0.25) is 0 Å². The van der Waals surface area contributed by atoms with Gasteiger partial charge in [-0.05, 0) is 30.2 Å². The zero-order chi connectivity index (χ0) is 20.0. The predicted molar refractivity (Wildman–Crippen MR) is 107 cm³/mol. The Bertz CT molecular complexity index is 895. The highest BCUT2D eigenvalue weighted by atomic mass is 32.2. The van der Waals surface area contributed by atoms with Gasteiger partial charge in [-0.25, -0.2) is 13.2 Å². The summed E-state index contributed by atoms with van der Waals surface area (Å²) in [6, 6.07) is 15.9. The average Bonchev–Trinajstić information content (AvgIpc) is 2.74. The minimum Gasteiger partial charge on any atom is -0.496 e. The number of rotatable bonds is 6. The second kappa shape index (κ2) is 9.07. The fourth-order valence-electron chi connectivity index (χ4n) is 3.20. The van der Waals surface area contributed by atoms with Crippen LogP contribution in [0.5, 0.6) is 5.75 Å². The summed E-state index contributed by atoms with van der Waals surface area (Å²) in [7, 11) is -1.89. The van der Waals surface area contributed by atoms with Gasteiger partial charge in [-0.2, -0.15) is 4.31 Å². The van der Waals surface area contributed by atoms with Crippen molar-refractivity contribution >= 4 is 16.1 Å². The van der Waals surface area contributed by atoms with Crippen molar-refractivity contribution in [1.29, 1.82) is 0 Å². The lowest BCUT2D eigenvalue weighted by Crippen LogP contribution is -2.53. The van der Waals surface area contributed by atoms with Crippen LogP contribution in [0, 0.1) is 0 Å². The number of ether oxygens (including phenoxy) is 1. The Kier molecular flexibility index (Phi) is 6.53. The molecule has 8 heteroatoms. The molecule has 28 heavy (non-hydrogen) atoms. The quantitative estimate of drug-likeness (QED) is 0.800. The molecule has 2 amide bonds. The zero-order valence-electron chi connectivity index (χ0n) is 15.9. The van der Waals surface area contributed by atoms with E-state index in [1.54, 1.807) is 42.3 Å². The van der Waals surface area contributed by atoms with Crippen LogP contribution in [-0.2, 0) is 16.4 Å². The number of carbonyl (C=O) groups excluding carboxylic acids is 1. The van der Waals surface area contributed by atoms with E-state index >= 15 is 0 Å². The lowest BCUT2D eigenvalue weighted by Gasteiger charge is -2.34. The Labute approximate surface area is 166 Å². The molecule has 0 unspecified atom stereocenters. The van der Waals surface area contributed by atoms with Crippen LogP contribution in [0.15, 0.2) is 59.5 Å². The number of hydrogen-bond donors (Lipinski definition) is 1. The number of piperazine rings is 1. The maximum atomic E-state index is 12.6. The number of urea groups is 1. The molecule has 0 aliphatic carbocycles. The molecule has 1 aliphatic rings. The van der Waals surface area contributed by atoms with E-state index in [9.17, 15) is 13.2 Å². The molecule has 150 valence electrons. The minimum atomic E-state index is -3.51. The first-order chi connectivity index (χ1) is 13.5. The van der Waals surface area contributed by atoms with Gasteiger partial charge in [0.15, 0.2) is 0 Å². The van der Waals surface area contributed by atoms with Crippen LogP contribution < -0.4 is 10.1 Å². The summed E-state index contributed by atoms with van der Waals surface area (Å²) < 4.78 is 32.0. The van der Waals surface area contributed by atoms with Crippen LogP contribution in [0.2, 0.25) is 0 Å². The molecular formula is C20H25N3O4S. The number of para-hydroxylation sites is 1. The lowest BCUT2D eigenvalue weighted by atomic mass is 10.1. The van der Waals surface area contributed by atoms with Gasteiger partial charge >= 0.3 is 6.03 Å². The fraction of sp³-hybridized carbons (Fsp3) is 0.350. The Morgan fingerprint density at radius 2 is 1.64 bits per heavy atom.